The zero-order valence-electron chi connectivity index (χ0n) is 16.7. The Hall–Kier alpha value is -3.60. The molecule has 0 saturated heterocycles. The molecule has 0 atom stereocenters. The first-order valence-corrected chi connectivity index (χ1v) is 9.29. The lowest BCUT2D eigenvalue weighted by Gasteiger charge is -2.09. The van der Waals surface area contributed by atoms with E-state index < -0.39 is 18.1 Å². The Bertz CT molecular complexity index is 1170. The molecule has 0 bridgehead atoms. The van der Waals surface area contributed by atoms with Gasteiger partial charge in [-0.15, -0.1) is 15.3 Å². The van der Waals surface area contributed by atoms with Crippen molar-refractivity contribution >= 4 is 0 Å². The Kier molecular flexibility index (Phi) is 5.76. The molecule has 8 nitrogen and oxygen atoms in total. The highest BCUT2D eigenvalue weighted by molar-refractivity contribution is 5.58. The summed E-state index contributed by atoms with van der Waals surface area (Å²) < 4.78 is 45.9. The second kappa shape index (κ2) is 8.64. The monoisotopic (exact) mass is 429 g/mol. The van der Waals surface area contributed by atoms with E-state index in [1.54, 1.807) is 6.20 Å². The minimum absolute atomic E-state index is 0.0456. The third kappa shape index (κ3) is 4.77. The molecule has 0 amide bonds. The fourth-order valence-electron chi connectivity index (χ4n) is 2.95. The van der Waals surface area contributed by atoms with Gasteiger partial charge < -0.3 is 9.32 Å². The zero-order chi connectivity index (χ0) is 22.0. The maximum Gasteiger partial charge on any atom is 0.314 e. The van der Waals surface area contributed by atoms with Crippen LogP contribution < -0.4 is 0 Å². The average molecular weight is 429 g/mol. The summed E-state index contributed by atoms with van der Waals surface area (Å²) in [6.45, 7) is 0.880. The first-order chi connectivity index (χ1) is 14.9. The minimum atomic E-state index is -2.90. The Morgan fingerprint density at radius 2 is 1.84 bits per heavy atom. The number of nitrogens with zero attached hydrogens (tertiary/aromatic N) is 7. The van der Waals surface area contributed by atoms with Gasteiger partial charge in [0.1, 0.15) is 11.5 Å². The van der Waals surface area contributed by atoms with Gasteiger partial charge >= 0.3 is 6.43 Å². The van der Waals surface area contributed by atoms with Gasteiger partial charge in [0.15, 0.2) is 0 Å². The van der Waals surface area contributed by atoms with E-state index in [0.29, 0.717) is 5.69 Å². The van der Waals surface area contributed by atoms with Crippen LogP contribution in [0.15, 0.2) is 47.1 Å². The maximum atomic E-state index is 14.5. The van der Waals surface area contributed by atoms with E-state index in [0.717, 1.165) is 18.2 Å². The molecule has 3 aromatic heterocycles. The molecule has 0 N–H and O–H groups in total. The van der Waals surface area contributed by atoms with Crippen LogP contribution in [0.25, 0.3) is 22.7 Å². The fourth-order valence-corrected chi connectivity index (χ4v) is 2.95. The highest BCUT2D eigenvalue weighted by Crippen LogP contribution is 2.24. The molecule has 0 unspecified atom stereocenters. The molecule has 31 heavy (non-hydrogen) atoms. The van der Waals surface area contributed by atoms with E-state index >= 15 is 0 Å². The van der Waals surface area contributed by atoms with Gasteiger partial charge in [-0.25, -0.2) is 9.07 Å². The lowest BCUT2D eigenvalue weighted by atomic mass is 10.1. The highest BCUT2D eigenvalue weighted by Gasteiger charge is 2.18. The second-order valence-electron chi connectivity index (χ2n) is 7.13. The number of hydrogen-bond donors (Lipinski definition) is 0. The molecule has 1 aromatic carbocycles. The molecule has 11 heteroatoms. The summed E-state index contributed by atoms with van der Waals surface area (Å²) in [5, 5.41) is 14.9. The number of halogens is 3. The van der Waals surface area contributed by atoms with Crippen LogP contribution in [0.4, 0.5) is 13.2 Å². The van der Waals surface area contributed by atoms with Crippen LogP contribution >= 0.6 is 0 Å². The van der Waals surface area contributed by atoms with Gasteiger partial charge in [-0.1, -0.05) is 29.5 Å². The highest BCUT2D eigenvalue weighted by atomic mass is 19.3. The molecule has 0 aliphatic heterocycles. The predicted octanol–water partition coefficient (Wildman–Crippen LogP) is 3.58. The molecule has 4 rings (SSSR count). The van der Waals surface area contributed by atoms with Crippen molar-refractivity contribution in [3.8, 4) is 22.7 Å². The van der Waals surface area contributed by atoms with Crippen molar-refractivity contribution < 1.29 is 17.6 Å². The van der Waals surface area contributed by atoms with Crippen molar-refractivity contribution in [2.24, 2.45) is 0 Å². The lowest BCUT2D eigenvalue weighted by Crippen LogP contribution is -2.10. The Labute approximate surface area is 175 Å². The van der Waals surface area contributed by atoms with Gasteiger partial charge in [0, 0.05) is 18.3 Å². The number of rotatable bonds is 7. The first kappa shape index (κ1) is 20.7. The van der Waals surface area contributed by atoms with Crippen LogP contribution in [0.5, 0.6) is 0 Å². The quantitative estimate of drug-likeness (QED) is 0.444. The SMILES string of the molecule is CN(C)Cc1ccc(-c2cn(Cc3ncc(-c4nnc(C(F)F)o4)cc3F)nn2)cc1. The Morgan fingerprint density at radius 1 is 1.06 bits per heavy atom. The first-order valence-electron chi connectivity index (χ1n) is 9.29. The van der Waals surface area contributed by atoms with E-state index in [2.05, 4.69) is 30.4 Å². The maximum absolute atomic E-state index is 14.5. The molecular formula is C20H18F3N7O. The summed E-state index contributed by atoms with van der Waals surface area (Å²) in [4.78, 5) is 6.12. The van der Waals surface area contributed by atoms with E-state index in [-0.39, 0.29) is 23.7 Å². The molecule has 4 aromatic rings. The van der Waals surface area contributed by atoms with Crippen molar-refractivity contribution in [1.29, 1.82) is 0 Å². The zero-order valence-corrected chi connectivity index (χ0v) is 16.7. The standard InChI is InChI=1S/C20H18F3N7O/c1-29(2)9-12-3-5-13(6-4-12)16-10-30(28-25-16)11-17-15(21)7-14(8-24-17)19-26-27-20(31-19)18(22)23/h3-8,10,18H,9,11H2,1-2H3. The van der Waals surface area contributed by atoms with Gasteiger partial charge in [0.05, 0.1) is 24.0 Å². The third-order valence-corrected chi connectivity index (χ3v) is 4.39. The minimum Gasteiger partial charge on any atom is -0.415 e. The number of alkyl halides is 2. The molecule has 160 valence electrons. The second-order valence-corrected chi connectivity index (χ2v) is 7.13. The van der Waals surface area contributed by atoms with Gasteiger partial charge in [-0.05, 0) is 25.7 Å². The summed E-state index contributed by atoms with van der Waals surface area (Å²) in [5.74, 6) is -1.71. The van der Waals surface area contributed by atoms with Gasteiger partial charge in [0.2, 0.25) is 5.89 Å². The van der Waals surface area contributed by atoms with Crippen LogP contribution in [0, 0.1) is 5.82 Å². The Morgan fingerprint density at radius 3 is 2.48 bits per heavy atom. The molecule has 0 aliphatic rings. The molecular weight excluding hydrogens is 411 g/mol. The molecule has 0 fully saturated rings. The summed E-state index contributed by atoms with van der Waals surface area (Å²) in [7, 11) is 4.00. The normalized spacial score (nSPS) is 11.6. The molecule has 0 aliphatic carbocycles. The topological polar surface area (TPSA) is 85.8 Å². The number of pyridine rings is 1. The number of benzene rings is 1. The van der Waals surface area contributed by atoms with E-state index in [1.807, 2.05) is 38.4 Å². The number of hydrogen-bond acceptors (Lipinski definition) is 7. The van der Waals surface area contributed by atoms with Gasteiger partial charge in [-0.2, -0.15) is 8.78 Å². The molecule has 0 radical (unpaired) electrons. The van der Waals surface area contributed by atoms with E-state index in [9.17, 15) is 13.2 Å². The fraction of sp³-hybridized carbons (Fsp3) is 0.250. The van der Waals surface area contributed by atoms with Crippen molar-refractivity contribution in [2.45, 2.75) is 19.5 Å². The third-order valence-electron chi connectivity index (χ3n) is 4.39. The van der Waals surface area contributed by atoms with E-state index in [4.69, 9.17) is 4.42 Å². The van der Waals surface area contributed by atoms with Crippen LogP contribution in [-0.4, -0.2) is 49.2 Å². The van der Waals surface area contributed by atoms with Crippen LogP contribution in [0.2, 0.25) is 0 Å². The molecule has 0 saturated carbocycles. The lowest BCUT2D eigenvalue weighted by molar-refractivity contribution is 0.116. The van der Waals surface area contributed by atoms with E-state index in [1.165, 1.54) is 16.4 Å². The molecule has 3 heterocycles. The summed E-state index contributed by atoms with van der Waals surface area (Å²) >= 11 is 0. The summed E-state index contributed by atoms with van der Waals surface area (Å²) in [5.41, 5.74) is 2.94. The van der Waals surface area contributed by atoms with Crippen LogP contribution in [0.3, 0.4) is 0 Å². The van der Waals surface area contributed by atoms with Crippen molar-refractivity contribution in [3.63, 3.8) is 0 Å². The predicted molar refractivity (Wildman–Crippen MR) is 104 cm³/mol. The van der Waals surface area contributed by atoms with Crippen molar-refractivity contribution in [1.82, 2.24) is 35.1 Å². The van der Waals surface area contributed by atoms with Gasteiger partial charge in [0.25, 0.3) is 5.89 Å². The van der Waals surface area contributed by atoms with Gasteiger partial charge in [-0.3, -0.25) is 4.98 Å². The van der Waals surface area contributed by atoms with Crippen molar-refractivity contribution in [2.75, 3.05) is 14.1 Å². The average Bonchev–Trinajstić information content (AvgIpc) is 3.40. The van der Waals surface area contributed by atoms with Crippen LogP contribution in [-0.2, 0) is 13.1 Å². The van der Waals surface area contributed by atoms with Crippen LogP contribution in [0.1, 0.15) is 23.6 Å². The summed E-state index contributed by atoms with van der Waals surface area (Å²) in [6.07, 6.45) is 0.0785. The Balaban J connectivity index is 1.48. The largest absolute Gasteiger partial charge is 0.415 e. The molecule has 0 spiro atoms. The number of aromatic nitrogens is 6. The van der Waals surface area contributed by atoms with Crippen molar-refractivity contribution in [3.05, 3.63) is 65.7 Å². The smallest absolute Gasteiger partial charge is 0.314 e. The summed E-state index contributed by atoms with van der Waals surface area (Å²) in [6, 6.07) is 9.06.